The molecule has 1 heterocycles. The first-order valence-corrected chi connectivity index (χ1v) is 14.6. The third kappa shape index (κ3) is 2.76. The number of fused-ring (bicyclic) bond motifs is 8. The van der Waals surface area contributed by atoms with Crippen LogP contribution in [0.15, 0.2) is 11.6 Å². The van der Waals surface area contributed by atoms with Crippen LogP contribution in [0.5, 0.6) is 0 Å². The molecule has 0 aromatic carbocycles. The number of carboxylic acids is 1. The number of allylic oxidation sites excluding steroid dienone is 1. The van der Waals surface area contributed by atoms with Crippen LogP contribution < -0.4 is 0 Å². The second-order valence-corrected chi connectivity index (χ2v) is 15.3. The molecule has 0 unspecified atom stereocenters. The van der Waals surface area contributed by atoms with Gasteiger partial charge >= 0.3 is 5.97 Å². The number of carbonyl (C=O) groups is 1. The Labute approximate surface area is 217 Å². The zero-order valence-electron chi connectivity index (χ0n) is 23.5. The Hall–Kier alpha value is -0.910. The van der Waals surface area contributed by atoms with Crippen LogP contribution in [0.2, 0.25) is 0 Å². The fourth-order valence-corrected chi connectivity index (χ4v) is 11.6. The molecule has 4 saturated carbocycles. The molecule has 36 heavy (non-hydrogen) atoms. The third-order valence-corrected chi connectivity index (χ3v) is 13.9. The number of aliphatic carboxylic acids is 1. The summed E-state index contributed by atoms with van der Waals surface area (Å²) in [5, 5.41) is 22.5. The largest absolute Gasteiger partial charge is 0.481 e. The number of aliphatic hydroxyl groups is 1. The van der Waals surface area contributed by atoms with E-state index in [9.17, 15) is 15.0 Å². The van der Waals surface area contributed by atoms with E-state index in [1.807, 2.05) is 6.92 Å². The van der Waals surface area contributed by atoms with E-state index < -0.39 is 17.0 Å². The van der Waals surface area contributed by atoms with E-state index in [0.717, 1.165) is 32.1 Å². The minimum Gasteiger partial charge on any atom is -0.481 e. The highest BCUT2D eigenvalue weighted by Gasteiger charge is 2.72. The molecule has 1 saturated heterocycles. The molecule has 5 aliphatic carbocycles. The van der Waals surface area contributed by atoms with Gasteiger partial charge in [-0.1, -0.05) is 53.2 Å². The Morgan fingerprint density at radius 1 is 0.972 bits per heavy atom. The van der Waals surface area contributed by atoms with E-state index in [0.29, 0.717) is 31.5 Å². The second-order valence-electron chi connectivity index (χ2n) is 15.3. The molecule has 202 valence electrons. The van der Waals surface area contributed by atoms with Gasteiger partial charge in [0, 0.05) is 5.92 Å². The molecule has 2 N–H and O–H groups in total. The number of rotatable bonds is 1. The molecule has 11 atom stereocenters. The molecular formula is C31H48O5. The lowest BCUT2D eigenvalue weighted by atomic mass is 9.33. The lowest BCUT2D eigenvalue weighted by Gasteiger charge is -2.72. The molecule has 0 aromatic rings. The minimum atomic E-state index is -1.01. The van der Waals surface area contributed by atoms with Gasteiger partial charge in [0.25, 0.3) is 0 Å². The summed E-state index contributed by atoms with van der Waals surface area (Å²) in [7, 11) is 0. The van der Waals surface area contributed by atoms with Gasteiger partial charge in [-0.15, -0.1) is 0 Å². The molecule has 0 amide bonds. The fourth-order valence-electron chi connectivity index (χ4n) is 11.6. The van der Waals surface area contributed by atoms with Crippen molar-refractivity contribution in [3.05, 3.63) is 11.6 Å². The van der Waals surface area contributed by atoms with Crippen LogP contribution in [0, 0.1) is 50.7 Å². The van der Waals surface area contributed by atoms with Gasteiger partial charge in [0.1, 0.15) is 6.79 Å². The molecule has 0 spiro atoms. The van der Waals surface area contributed by atoms with Gasteiger partial charge in [0.2, 0.25) is 0 Å². The first-order valence-electron chi connectivity index (χ1n) is 14.6. The van der Waals surface area contributed by atoms with Crippen molar-refractivity contribution >= 4 is 5.97 Å². The maximum absolute atomic E-state index is 12.9. The molecule has 0 aromatic heterocycles. The van der Waals surface area contributed by atoms with Crippen LogP contribution in [0.1, 0.15) is 99.8 Å². The van der Waals surface area contributed by atoms with E-state index >= 15 is 0 Å². The summed E-state index contributed by atoms with van der Waals surface area (Å²) in [5.41, 5.74) is -0.436. The van der Waals surface area contributed by atoms with E-state index in [1.165, 1.54) is 12.0 Å². The van der Waals surface area contributed by atoms with Crippen LogP contribution in [0.4, 0.5) is 0 Å². The van der Waals surface area contributed by atoms with Crippen molar-refractivity contribution in [2.24, 2.45) is 50.7 Å². The van der Waals surface area contributed by atoms with Gasteiger partial charge in [-0.05, 0) is 97.7 Å². The Morgan fingerprint density at radius 2 is 1.69 bits per heavy atom. The highest BCUT2D eigenvalue weighted by Crippen LogP contribution is 2.76. The summed E-state index contributed by atoms with van der Waals surface area (Å²) in [6.07, 6.45) is 10.1. The van der Waals surface area contributed by atoms with Crippen molar-refractivity contribution in [3.8, 4) is 0 Å². The summed E-state index contributed by atoms with van der Waals surface area (Å²) in [6.45, 7) is 16.7. The smallest absolute Gasteiger partial charge is 0.310 e. The summed E-state index contributed by atoms with van der Waals surface area (Å²) in [5.74, 6) is 0.151. The van der Waals surface area contributed by atoms with Gasteiger partial charge < -0.3 is 19.7 Å². The average molecular weight is 501 g/mol. The van der Waals surface area contributed by atoms with E-state index in [1.54, 1.807) is 0 Å². The quantitative estimate of drug-likeness (QED) is 0.420. The third-order valence-electron chi connectivity index (χ3n) is 13.9. The molecule has 6 aliphatic rings. The van der Waals surface area contributed by atoms with E-state index in [-0.39, 0.29) is 45.7 Å². The fraction of sp³-hybridized carbons (Fsp3) is 0.903. The predicted octanol–water partition coefficient (Wildman–Crippen LogP) is 6.19. The van der Waals surface area contributed by atoms with Gasteiger partial charge in [0.05, 0.1) is 23.2 Å². The second kappa shape index (κ2) is 7.39. The number of hydrogen-bond donors (Lipinski definition) is 2. The first kappa shape index (κ1) is 25.4. The molecule has 5 nitrogen and oxygen atoms in total. The molecule has 6 rings (SSSR count). The van der Waals surface area contributed by atoms with Gasteiger partial charge in [0.15, 0.2) is 0 Å². The molecule has 5 fully saturated rings. The zero-order valence-corrected chi connectivity index (χ0v) is 23.5. The van der Waals surface area contributed by atoms with Crippen LogP contribution in [-0.4, -0.2) is 40.8 Å². The van der Waals surface area contributed by atoms with Gasteiger partial charge in [-0.3, -0.25) is 4.79 Å². The molecule has 0 radical (unpaired) electrons. The first-order chi connectivity index (χ1) is 16.7. The van der Waals surface area contributed by atoms with Crippen molar-refractivity contribution in [1.29, 1.82) is 0 Å². The summed E-state index contributed by atoms with van der Waals surface area (Å²) >= 11 is 0. The lowest BCUT2D eigenvalue weighted by Crippen LogP contribution is -2.68. The van der Waals surface area contributed by atoms with Crippen molar-refractivity contribution in [1.82, 2.24) is 0 Å². The Bertz CT molecular complexity index is 999. The number of ether oxygens (including phenoxy) is 2. The Balaban J connectivity index is 1.47. The van der Waals surface area contributed by atoms with Gasteiger partial charge in [-0.25, -0.2) is 0 Å². The lowest BCUT2D eigenvalue weighted by molar-refractivity contribution is -0.222. The number of carboxylic acid groups (broad SMARTS) is 1. The van der Waals surface area contributed by atoms with Crippen LogP contribution >= 0.6 is 0 Å². The maximum atomic E-state index is 12.9. The van der Waals surface area contributed by atoms with E-state index in [4.69, 9.17) is 9.47 Å². The zero-order chi connectivity index (χ0) is 26.1. The van der Waals surface area contributed by atoms with Crippen molar-refractivity contribution in [2.45, 2.75) is 118 Å². The average Bonchev–Trinajstić information content (AvgIpc) is 3.25. The van der Waals surface area contributed by atoms with Crippen LogP contribution in [0.25, 0.3) is 0 Å². The predicted molar refractivity (Wildman–Crippen MR) is 138 cm³/mol. The summed E-state index contributed by atoms with van der Waals surface area (Å²) in [6, 6.07) is 0. The minimum absolute atomic E-state index is 0.0616. The number of hydrogen-bond acceptors (Lipinski definition) is 4. The topological polar surface area (TPSA) is 76.0 Å². The standard InChI is InChI=1S/C31H48O5/c1-18-10-13-31(25(32)33)15-14-28(5)19(23(31)30(18,7)34)8-9-22-27(4)16-20-24(36-17-35-20)26(2,3)21(27)11-12-29(22,28)6/h8,18,20-24,34H,9-17H2,1-7H3,(H,32,33)/t18-,20-,21+,22-,23-,24-,27+,28-,29-,30-,31+/m1/s1. The normalized spacial score (nSPS) is 57.4. The SMILES string of the molecule is C[C@@H]1CC[C@]2(C(=O)O)CC[C@]3(C)C(=CC[C@@H]4[C@@]5(C)C[C@H]6OCO[C@H]6C(C)(C)[C@@H]5CC[C@]43C)[C@@H]2[C@]1(C)O. The Kier molecular flexibility index (Phi) is 5.21. The van der Waals surface area contributed by atoms with Crippen molar-refractivity contribution < 1.29 is 24.5 Å². The Morgan fingerprint density at radius 3 is 2.39 bits per heavy atom. The molecule has 5 heteroatoms. The molecule has 0 bridgehead atoms. The maximum Gasteiger partial charge on any atom is 0.310 e. The summed E-state index contributed by atoms with van der Waals surface area (Å²) < 4.78 is 12.3. The molecular weight excluding hydrogens is 452 g/mol. The highest BCUT2D eigenvalue weighted by atomic mass is 16.7. The molecule has 1 aliphatic heterocycles. The van der Waals surface area contributed by atoms with E-state index in [2.05, 4.69) is 47.6 Å². The van der Waals surface area contributed by atoms with Crippen molar-refractivity contribution in [3.63, 3.8) is 0 Å². The van der Waals surface area contributed by atoms with Crippen LogP contribution in [-0.2, 0) is 14.3 Å². The highest BCUT2D eigenvalue weighted by molar-refractivity contribution is 5.77. The van der Waals surface area contributed by atoms with Crippen molar-refractivity contribution in [2.75, 3.05) is 6.79 Å². The van der Waals surface area contributed by atoms with Crippen LogP contribution in [0.3, 0.4) is 0 Å². The van der Waals surface area contributed by atoms with Gasteiger partial charge in [-0.2, -0.15) is 0 Å². The summed E-state index contributed by atoms with van der Waals surface area (Å²) in [4.78, 5) is 12.9. The monoisotopic (exact) mass is 500 g/mol.